The van der Waals surface area contributed by atoms with Gasteiger partial charge in [0, 0.05) is 16.7 Å². The standard InChI is InChI=1S/C19H16BrN3O2/c1-12-21-16-5-3-2-4-15(16)19(25)23(12)11-18(24)22-9-8-13-10-14(20)6-7-17(13)22/h2-7,10H,8-9,11H2,1H3. The monoisotopic (exact) mass is 397 g/mol. The van der Waals surface area contributed by atoms with E-state index in [0.717, 1.165) is 22.1 Å². The molecule has 5 nitrogen and oxygen atoms in total. The summed E-state index contributed by atoms with van der Waals surface area (Å²) in [6.45, 7) is 2.40. The number of carbonyl (C=O) groups excluding carboxylic acids is 1. The number of aryl methyl sites for hydroxylation is 1. The fourth-order valence-corrected chi connectivity index (χ4v) is 3.72. The van der Waals surface area contributed by atoms with E-state index in [1.54, 1.807) is 17.9 Å². The van der Waals surface area contributed by atoms with Crippen molar-refractivity contribution in [3.63, 3.8) is 0 Å². The van der Waals surface area contributed by atoms with Crippen LogP contribution in [0.1, 0.15) is 11.4 Å². The molecule has 6 heteroatoms. The van der Waals surface area contributed by atoms with Crippen molar-refractivity contribution in [2.45, 2.75) is 19.9 Å². The maximum Gasteiger partial charge on any atom is 0.261 e. The van der Waals surface area contributed by atoms with Gasteiger partial charge in [0.1, 0.15) is 12.4 Å². The van der Waals surface area contributed by atoms with Crippen LogP contribution in [0, 0.1) is 6.92 Å². The smallest absolute Gasteiger partial charge is 0.261 e. The van der Waals surface area contributed by atoms with Gasteiger partial charge in [-0.15, -0.1) is 0 Å². The van der Waals surface area contributed by atoms with Crippen LogP contribution in [0.4, 0.5) is 5.69 Å². The predicted octanol–water partition coefficient (Wildman–Crippen LogP) is 3.06. The highest BCUT2D eigenvalue weighted by Gasteiger charge is 2.25. The van der Waals surface area contributed by atoms with Crippen molar-refractivity contribution in [2.75, 3.05) is 11.4 Å². The number of aromatic nitrogens is 2. The van der Waals surface area contributed by atoms with Gasteiger partial charge in [0.15, 0.2) is 0 Å². The number of fused-ring (bicyclic) bond motifs is 2. The van der Waals surface area contributed by atoms with Crippen molar-refractivity contribution in [3.8, 4) is 0 Å². The maximum absolute atomic E-state index is 12.8. The van der Waals surface area contributed by atoms with Crippen LogP contribution >= 0.6 is 15.9 Å². The number of para-hydroxylation sites is 1. The first-order chi connectivity index (χ1) is 12.0. The van der Waals surface area contributed by atoms with Crippen LogP contribution in [0.15, 0.2) is 51.7 Å². The van der Waals surface area contributed by atoms with E-state index in [0.29, 0.717) is 23.3 Å². The molecule has 0 spiro atoms. The second-order valence-electron chi connectivity index (χ2n) is 6.14. The van der Waals surface area contributed by atoms with Gasteiger partial charge in [0.05, 0.1) is 10.9 Å². The third kappa shape index (κ3) is 2.76. The van der Waals surface area contributed by atoms with Gasteiger partial charge in [-0.2, -0.15) is 0 Å². The van der Waals surface area contributed by atoms with Gasteiger partial charge >= 0.3 is 0 Å². The zero-order valence-corrected chi connectivity index (χ0v) is 15.3. The summed E-state index contributed by atoms with van der Waals surface area (Å²) in [6.07, 6.45) is 0.824. The van der Waals surface area contributed by atoms with E-state index in [9.17, 15) is 9.59 Å². The second kappa shape index (κ2) is 6.11. The minimum Gasteiger partial charge on any atom is -0.310 e. The molecule has 2 heterocycles. The van der Waals surface area contributed by atoms with Gasteiger partial charge < -0.3 is 4.90 Å². The molecule has 0 atom stereocenters. The van der Waals surface area contributed by atoms with Gasteiger partial charge in [-0.1, -0.05) is 28.1 Å². The molecule has 0 unspecified atom stereocenters. The number of carbonyl (C=O) groups is 1. The minimum absolute atomic E-state index is 0.00198. The highest BCUT2D eigenvalue weighted by Crippen LogP contribution is 2.30. The molecule has 25 heavy (non-hydrogen) atoms. The Hall–Kier alpha value is -2.47. The second-order valence-corrected chi connectivity index (χ2v) is 7.05. The average molecular weight is 398 g/mol. The van der Waals surface area contributed by atoms with E-state index in [1.165, 1.54) is 4.57 Å². The summed E-state index contributed by atoms with van der Waals surface area (Å²) in [7, 11) is 0. The van der Waals surface area contributed by atoms with Gasteiger partial charge in [-0.3, -0.25) is 14.2 Å². The van der Waals surface area contributed by atoms with Crippen molar-refractivity contribution in [1.29, 1.82) is 0 Å². The van der Waals surface area contributed by atoms with Crippen LogP contribution in [0.5, 0.6) is 0 Å². The predicted molar refractivity (Wildman–Crippen MR) is 101 cm³/mol. The third-order valence-corrected chi connectivity index (χ3v) is 5.08. The Labute approximate surface area is 153 Å². The summed E-state index contributed by atoms with van der Waals surface area (Å²) < 4.78 is 2.47. The van der Waals surface area contributed by atoms with Gasteiger partial charge in [0.25, 0.3) is 5.56 Å². The van der Waals surface area contributed by atoms with Crippen molar-refractivity contribution in [1.82, 2.24) is 9.55 Å². The number of hydrogen-bond donors (Lipinski definition) is 0. The zero-order valence-electron chi connectivity index (χ0n) is 13.7. The first-order valence-electron chi connectivity index (χ1n) is 8.09. The SMILES string of the molecule is Cc1nc2ccccc2c(=O)n1CC(=O)N1CCc2cc(Br)ccc21. The Bertz CT molecular complexity index is 1060. The van der Waals surface area contributed by atoms with E-state index in [4.69, 9.17) is 0 Å². The first kappa shape index (κ1) is 16.0. The molecular weight excluding hydrogens is 382 g/mol. The summed E-state index contributed by atoms with van der Waals surface area (Å²) in [5.41, 5.74) is 2.55. The number of hydrogen-bond acceptors (Lipinski definition) is 3. The Morgan fingerprint density at radius 2 is 2.04 bits per heavy atom. The number of anilines is 1. The molecule has 0 bridgehead atoms. The first-order valence-corrected chi connectivity index (χ1v) is 8.89. The van der Waals surface area contributed by atoms with Gasteiger partial charge in [-0.05, 0) is 49.2 Å². The molecular formula is C19H16BrN3O2. The van der Waals surface area contributed by atoms with Crippen molar-refractivity contribution in [3.05, 3.63) is 68.7 Å². The van der Waals surface area contributed by atoms with E-state index in [2.05, 4.69) is 20.9 Å². The number of rotatable bonds is 2. The van der Waals surface area contributed by atoms with E-state index >= 15 is 0 Å². The Morgan fingerprint density at radius 1 is 1.24 bits per heavy atom. The topological polar surface area (TPSA) is 55.2 Å². The van der Waals surface area contributed by atoms with E-state index in [1.807, 2.05) is 36.4 Å². The molecule has 1 aliphatic heterocycles. The number of benzene rings is 2. The molecule has 126 valence electrons. The molecule has 4 rings (SSSR count). The van der Waals surface area contributed by atoms with Crippen LogP contribution in [0.2, 0.25) is 0 Å². The molecule has 0 N–H and O–H groups in total. The summed E-state index contributed by atoms with van der Waals surface area (Å²) in [4.78, 5) is 31.8. The largest absolute Gasteiger partial charge is 0.310 e. The summed E-state index contributed by atoms with van der Waals surface area (Å²) >= 11 is 3.46. The molecule has 1 aromatic heterocycles. The lowest BCUT2D eigenvalue weighted by Gasteiger charge is -2.19. The minimum atomic E-state index is -0.174. The van der Waals surface area contributed by atoms with Crippen LogP contribution in [0.3, 0.4) is 0 Å². The molecule has 1 amide bonds. The third-order valence-electron chi connectivity index (χ3n) is 4.58. The van der Waals surface area contributed by atoms with Gasteiger partial charge in [-0.25, -0.2) is 4.98 Å². The van der Waals surface area contributed by atoms with Crippen LogP contribution in [0.25, 0.3) is 10.9 Å². The lowest BCUT2D eigenvalue weighted by atomic mass is 10.2. The fourth-order valence-electron chi connectivity index (χ4n) is 3.32. The van der Waals surface area contributed by atoms with Crippen LogP contribution in [-0.2, 0) is 17.8 Å². The maximum atomic E-state index is 12.8. The molecule has 0 saturated carbocycles. The van der Waals surface area contributed by atoms with E-state index in [-0.39, 0.29) is 18.0 Å². The molecule has 0 saturated heterocycles. The molecule has 0 radical (unpaired) electrons. The highest BCUT2D eigenvalue weighted by molar-refractivity contribution is 9.10. The summed E-state index contributed by atoms with van der Waals surface area (Å²) in [5, 5.41) is 0.534. The number of halogens is 1. The Kier molecular flexibility index (Phi) is 3.92. The molecule has 3 aromatic rings. The Morgan fingerprint density at radius 3 is 2.88 bits per heavy atom. The summed E-state index contributed by atoms with van der Waals surface area (Å²) in [6, 6.07) is 13.1. The number of nitrogens with zero attached hydrogens (tertiary/aromatic N) is 3. The fraction of sp³-hybridized carbons (Fsp3) is 0.211. The Balaban J connectivity index is 1.69. The quantitative estimate of drug-likeness (QED) is 0.667. The zero-order chi connectivity index (χ0) is 17.6. The summed E-state index contributed by atoms with van der Waals surface area (Å²) in [5.74, 6) is 0.454. The van der Waals surface area contributed by atoms with Gasteiger partial charge in [0.2, 0.25) is 5.91 Å². The van der Waals surface area contributed by atoms with Crippen molar-refractivity contribution < 1.29 is 4.79 Å². The molecule has 0 aliphatic carbocycles. The molecule has 1 aliphatic rings. The average Bonchev–Trinajstić information content (AvgIpc) is 3.01. The van der Waals surface area contributed by atoms with E-state index < -0.39 is 0 Å². The van der Waals surface area contributed by atoms with Crippen molar-refractivity contribution in [2.24, 2.45) is 0 Å². The number of amides is 1. The van der Waals surface area contributed by atoms with Crippen LogP contribution in [-0.4, -0.2) is 22.0 Å². The lowest BCUT2D eigenvalue weighted by molar-refractivity contribution is -0.119. The highest BCUT2D eigenvalue weighted by atomic mass is 79.9. The molecule has 0 fully saturated rings. The van der Waals surface area contributed by atoms with Crippen LogP contribution < -0.4 is 10.5 Å². The lowest BCUT2D eigenvalue weighted by Crippen LogP contribution is -2.36. The normalized spacial score (nSPS) is 13.3. The van der Waals surface area contributed by atoms with Crippen molar-refractivity contribution >= 4 is 38.4 Å². The molecule has 2 aromatic carbocycles.